The Kier molecular flexibility index (Phi) is 7.65. The van der Waals surface area contributed by atoms with E-state index in [1.54, 1.807) is 0 Å². The molecule has 0 spiro atoms. The number of hydrogen-bond donors (Lipinski definition) is 0. The minimum absolute atomic E-state index is 0.229. The van der Waals surface area contributed by atoms with Crippen LogP contribution in [0.5, 0.6) is 0 Å². The standard InChI is InChI=1S/C17H28N4O/c1-5-11-20(12-6-2)17(22)9-8-16-14(3)19-21(15(16)4)13-7-10-18/h5-9,11-13H2,1-4H3. The van der Waals surface area contributed by atoms with Gasteiger partial charge >= 0.3 is 0 Å². The normalized spacial score (nSPS) is 10.5. The van der Waals surface area contributed by atoms with Crippen LogP contribution in [-0.2, 0) is 17.8 Å². The molecule has 0 aromatic carbocycles. The summed E-state index contributed by atoms with van der Waals surface area (Å²) in [5.41, 5.74) is 3.21. The van der Waals surface area contributed by atoms with Crippen LogP contribution in [0.1, 0.15) is 56.5 Å². The van der Waals surface area contributed by atoms with Crippen LogP contribution in [0.25, 0.3) is 0 Å². The van der Waals surface area contributed by atoms with Crippen molar-refractivity contribution in [3.63, 3.8) is 0 Å². The van der Waals surface area contributed by atoms with Crippen LogP contribution < -0.4 is 0 Å². The van der Waals surface area contributed by atoms with Crippen molar-refractivity contribution >= 4 is 5.91 Å². The molecular formula is C17H28N4O. The van der Waals surface area contributed by atoms with Gasteiger partial charge in [-0.25, -0.2) is 0 Å². The van der Waals surface area contributed by atoms with Gasteiger partial charge in [0.05, 0.1) is 24.7 Å². The molecule has 1 heterocycles. The molecule has 0 fully saturated rings. The van der Waals surface area contributed by atoms with E-state index in [0.717, 1.165) is 49.3 Å². The summed E-state index contributed by atoms with van der Waals surface area (Å²) in [6, 6.07) is 2.14. The van der Waals surface area contributed by atoms with Gasteiger partial charge < -0.3 is 4.90 Å². The summed E-state index contributed by atoms with van der Waals surface area (Å²) in [6.07, 6.45) is 3.71. The zero-order valence-electron chi connectivity index (χ0n) is 14.4. The van der Waals surface area contributed by atoms with E-state index < -0.39 is 0 Å². The Morgan fingerprint density at radius 3 is 2.45 bits per heavy atom. The predicted molar refractivity (Wildman–Crippen MR) is 87.4 cm³/mol. The number of rotatable bonds is 9. The van der Waals surface area contributed by atoms with Gasteiger partial charge in [0.1, 0.15) is 0 Å². The topological polar surface area (TPSA) is 61.9 Å². The summed E-state index contributed by atoms with van der Waals surface area (Å²) in [5, 5.41) is 13.2. The number of aromatic nitrogens is 2. The SMILES string of the molecule is CCCN(CCC)C(=O)CCc1c(C)nn(CCC#N)c1C. The molecule has 0 aliphatic rings. The van der Waals surface area contributed by atoms with Crippen molar-refractivity contribution in [3.8, 4) is 6.07 Å². The molecule has 0 saturated heterocycles. The van der Waals surface area contributed by atoms with E-state index in [2.05, 4.69) is 25.0 Å². The lowest BCUT2D eigenvalue weighted by Gasteiger charge is -2.21. The number of carbonyl (C=O) groups is 1. The minimum atomic E-state index is 0.229. The van der Waals surface area contributed by atoms with E-state index in [1.807, 2.05) is 23.4 Å². The average molecular weight is 304 g/mol. The average Bonchev–Trinajstić information content (AvgIpc) is 2.76. The molecule has 5 nitrogen and oxygen atoms in total. The first kappa shape index (κ1) is 18.2. The Labute approximate surface area is 133 Å². The van der Waals surface area contributed by atoms with Crippen molar-refractivity contribution < 1.29 is 4.79 Å². The fraction of sp³-hybridized carbons (Fsp3) is 0.706. The van der Waals surface area contributed by atoms with Crippen LogP contribution in [0.2, 0.25) is 0 Å². The smallest absolute Gasteiger partial charge is 0.222 e. The van der Waals surface area contributed by atoms with Gasteiger partial charge in [-0.3, -0.25) is 9.48 Å². The molecule has 0 unspecified atom stereocenters. The van der Waals surface area contributed by atoms with E-state index in [1.165, 1.54) is 0 Å². The van der Waals surface area contributed by atoms with Crippen molar-refractivity contribution in [2.45, 2.75) is 66.3 Å². The van der Waals surface area contributed by atoms with E-state index in [-0.39, 0.29) is 5.91 Å². The Hall–Kier alpha value is -1.83. The molecule has 0 radical (unpaired) electrons. The summed E-state index contributed by atoms with van der Waals surface area (Å²) in [7, 11) is 0. The molecule has 1 aromatic rings. The minimum Gasteiger partial charge on any atom is -0.343 e. The molecule has 0 N–H and O–H groups in total. The molecule has 0 bridgehead atoms. The molecule has 1 aromatic heterocycles. The van der Waals surface area contributed by atoms with Gasteiger partial charge in [0.25, 0.3) is 0 Å². The fourth-order valence-corrected chi connectivity index (χ4v) is 2.76. The number of nitrogens with zero attached hydrogens (tertiary/aromatic N) is 4. The predicted octanol–water partition coefficient (Wildman–Crippen LogP) is 2.99. The van der Waals surface area contributed by atoms with Gasteiger partial charge in [0.15, 0.2) is 0 Å². The highest BCUT2D eigenvalue weighted by molar-refractivity contribution is 5.76. The number of amides is 1. The Balaban J connectivity index is 2.69. The van der Waals surface area contributed by atoms with E-state index in [0.29, 0.717) is 19.4 Å². The van der Waals surface area contributed by atoms with E-state index in [9.17, 15) is 4.79 Å². The molecule has 0 saturated carbocycles. The Morgan fingerprint density at radius 2 is 1.91 bits per heavy atom. The molecule has 1 rings (SSSR count). The summed E-state index contributed by atoms with van der Waals surface area (Å²) in [4.78, 5) is 14.3. The summed E-state index contributed by atoms with van der Waals surface area (Å²) < 4.78 is 1.88. The zero-order chi connectivity index (χ0) is 16.5. The van der Waals surface area contributed by atoms with Crippen molar-refractivity contribution in [2.75, 3.05) is 13.1 Å². The highest BCUT2D eigenvalue weighted by Crippen LogP contribution is 2.16. The number of nitriles is 1. The quantitative estimate of drug-likeness (QED) is 0.704. The number of carbonyl (C=O) groups excluding carboxylic acids is 1. The van der Waals surface area contributed by atoms with Crippen molar-refractivity contribution in [2.24, 2.45) is 0 Å². The Morgan fingerprint density at radius 1 is 1.27 bits per heavy atom. The molecular weight excluding hydrogens is 276 g/mol. The maximum Gasteiger partial charge on any atom is 0.222 e. The first-order valence-electron chi connectivity index (χ1n) is 8.22. The van der Waals surface area contributed by atoms with Gasteiger partial charge in [-0.05, 0) is 38.7 Å². The second-order valence-electron chi connectivity index (χ2n) is 5.66. The molecule has 22 heavy (non-hydrogen) atoms. The third-order valence-corrected chi connectivity index (χ3v) is 3.90. The maximum atomic E-state index is 12.4. The monoisotopic (exact) mass is 304 g/mol. The van der Waals surface area contributed by atoms with Crippen molar-refractivity contribution in [1.29, 1.82) is 5.26 Å². The van der Waals surface area contributed by atoms with Crippen LogP contribution in [0.3, 0.4) is 0 Å². The Bertz CT molecular complexity index is 521. The van der Waals surface area contributed by atoms with Crippen LogP contribution in [0.4, 0.5) is 0 Å². The van der Waals surface area contributed by atoms with E-state index >= 15 is 0 Å². The summed E-state index contributed by atoms with van der Waals surface area (Å²) in [5.74, 6) is 0.229. The highest BCUT2D eigenvalue weighted by Gasteiger charge is 2.16. The second kappa shape index (κ2) is 9.24. The van der Waals surface area contributed by atoms with Gasteiger partial charge in [0.2, 0.25) is 5.91 Å². The summed E-state index contributed by atoms with van der Waals surface area (Å²) >= 11 is 0. The molecule has 0 aliphatic heterocycles. The zero-order valence-corrected chi connectivity index (χ0v) is 14.4. The molecule has 0 aliphatic carbocycles. The number of aryl methyl sites for hydroxylation is 2. The lowest BCUT2D eigenvalue weighted by Crippen LogP contribution is -2.32. The number of hydrogen-bond acceptors (Lipinski definition) is 3. The fourth-order valence-electron chi connectivity index (χ4n) is 2.76. The van der Waals surface area contributed by atoms with Crippen LogP contribution in [0.15, 0.2) is 0 Å². The van der Waals surface area contributed by atoms with Gasteiger partial charge in [-0.2, -0.15) is 10.4 Å². The maximum absolute atomic E-state index is 12.4. The third-order valence-electron chi connectivity index (χ3n) is 3.90. The van der Waals surface area contributed by atoms with Gasteiger partial charge in [-0.1, -0.05) is 13.8 Å². The van der Waals surface area contributed by atoms with Crippen LogP contribution >= 0.6 is 0 Å². The van der Waals surface area contributed by atoms with Crippen LogP contribution in [-0.4, -0.2) is 33.7 Å². The highest BCUT2D eigenvalue weighted by atomic mass is 16.2. The van der Waals surface area contributed by atoms with Gasteiger partial charge in [-0.15, -0.1) is 0 Å². The second-order valence-corrected chi connectivity index (χ2v) is 5.66. The van der Waals surface area contributed by atoms with Crippen molar-refractivity contribution in [3.05, 3.63) is 17.0 Å². The van der Waals surface area contributed by atoms with Crippen molar-refractivity contribution in [1.82, 2.24) is 14.7 Å². The first-order chi connectivity index (χ1) is 10.5. The summed E-state index contributed by atoms with van der Waals surface area (Å²) in [6.45, 7) is 10.5. The lowest BCUT2D eigenvalue weighted by molar-refractivity contribution is -0.131. The third kappa shape index (κ3) is 4.87. The lowest BCUT2D eigenvalue weighted by atomic mass is 10.1. The first-order valence-corrected chi connectivity index (χ1v) is 8.22. The molecule has 0 atom stereocenters. The molecule has 1 amide bonds. The largest absolute Gasteiger partial charge is 0.343 e. The molecule has 5 heteroatoms. The van der Waals surface area contributed by atoms with Crippen LogP contribution in [0, 0.1) is 25.2 Å². The van der Waals surface area contributed by atoms with Gasteiger partial charge in [0, 0.05) is 25.2 Å². The van der Waals surface area contributed by atoms with E-state index in [4.69, 9.17) is 5.26 Å². The molecule has 122 valence electrons.